The molecule has 2 heterocycles. The number of rotatable bonds is 7. The summed E-state index contributed by atoms with van der Waals surface area (Å²) in [5.74, 6) is -1.30. The van der Waals surface area contributed by atoms with Crippen molar-refractivity contribution < 1.29 is 14.7 Å². The average molecular weight is 488 g/mol. The van der Waals surface area contributed by atoms with Gasteiger partial charge in [-0.3, -0.25) is 9.78 Å². The van der Waals surface area contributed by atoms with E-state index in [0.717, 1.165) is 39.3 Å². The molecule has 0 spiro atoms. The lowest BCUT2D eigenvalue weighted by molar-refractivity contribution is -0.142. The summed E-state index contributed by atoms with van der Waals surface area (Å²) in [6.45, 7) is 0. The number of carboxylic acid groups (broad SMARTS) is 1. The largest absolute Gasteiger partial charge is 0.480 e. The molecule has 1 aliphatic carbocycles. The molecule has 1 aromatic carbocycles. The van der Waals surface area contributed by atoms with Crippen molar-refractivity contribution in [2.75, 3.05) is 5.75 Å². The molecule has 1 aliphatic rings. The molecule has 30 heavy (non-hydrogen) atoms. The Morgan fingerprint density at radius 2 is 2.20 bits per heavy atom. The van der Waals surface area contributed by atoms with Gasteiger partial charge in [-0.2, -0.15) is 12.6 Å². The maximum absolute atomic E-state index is 13.1. The van der Waals surface area contributed by atoms with Crippen molar-refractivity contribution in [2.45, 2.75) is 31.2 Å². The van der Waals surface area contributed by atoms with Crippen LogP contribution >= 0.6 is 28.6 Å². The summed E-state index contributed by atoms with van der Waals surface area (Å²) >= 11 is 7.92. The van der Waals surface area contributed by atoms with Gasteiger partial charge in [-0.15, -0.1) is 0 Å². The van der Waals surface area contributed by atoms with Crippen LogP contribution in [0.3, 0.4) is 0 Å². The number of pyridine rings is 1. The quantitative estimate of drug-likeness (QED) is 0.382. The van der Waals surface area contributed by atoms with E-state index >= 15 is 0 Å². The van der Waals surface area contributed by atoms with Crippen molar-refractivity contribution in [3.8, 4) is 0 Å². The number of amides is 1. The van der Waals surface area contributed by atoms with Crippen LogP contribution in [0.4, 0.5) is 0 Å². The van der Waals surface area contributed by atoms with Gasteiger partial charge < -0.3 is 15.4 Å². The van der Waals surface area contributed by atoms with Crippen LogP contribution in [0.25, 0.3) is 10.9 Å². The summed E-state index contributed by atoms with van der Waals surface area (Å²) in [7, 11) is 0. The van der Waals surface area contributed by atoms with Gasteiger partial charge in [0.15, 0.2) is 0 Å². The number of aliphatic carboxylic acids is 1. The second-order valence-corrected chi connectivity index (χ2v) is 8.90. The molecule has 0 aliphatic heterocycles. The molecule has 3 atom stereocenters. The Morgan fingerprint density at radius 3 is 2.97 bits per heavy atom. The highest BCUT2D eigenvalue weighted by Gasteiger charge is 2.35. The number of aromatic amines is 1. The fourth-order valence-electron chi connectivity index (χ4n) is 4.33. The third-order valence-corrected chi connectivity index (χ3v) is 6.74. The number of nitrogens with zero attached hydrogens (tertiary/aromatic N) is 1. The second kappa shape index (κ2) is 8.81. The van der Waals surface area contributed by atoms with E-state index in [1.807, 2.05) is 12.1 Å². The van der Waals surface area contributed by atoms with Crippen LogP contribution < -0.4 is 5.32 Å². The number of fused-ring (bicyclic) bond motifs is 2. The van der Waals surface area contributed by atoms with E-state index < -0.39 is 12.0 Å². The molecule has 6 nitrogen and oxygen atoms in total. The lowest BCUT2D eigenvalue weighted by atomic mass is 9.87. The molecule has 0 saturated heterocycles. The topological polar surface area (TPSA) is 95.1 Å². The van der Waals surface area contributed by atoms with E-state index in [4.69, 9.17) is 0 Å². The van der Waals surface area contributed by atoms with Crippen molar-refractivity contribution in [2.24, 2.45) is 5.92 Å². The van der Waals surface area contributed by atoms with E-state index in [1.165, 1.54) is 5.56 Å². The Labute approximate surface area is 188 Å². The predicted molar refractivity (Wildman–Crippen MR) is 122 cm³/mol. The van der Waals surface area contributed by atoms with Gasteiger partial charge in [0.1, 0.15) is 6.04 Å². The zero-order valence-electron chi connectivity index (χ0n) is 16.1. The van der Waals surface area contributed by atoms with Crippen molar-refractivity contribution in [1.29, 1.82) is 0 Å². The van der Waals surface area contributed by atoms with E-state index in [0.29, 0.717) is 5.75 Å². The Bertz CT molecular complexity index is 1100. The molecule has 2 aromatic heterocycles. The Balaban J connectivity index is 1.52. The summed E-state index contributed by atoms with van der Waals surface area (Å²) < 4.78 is 1.02. The SMILES string of the molecule is O=C(N[C@@H](Cc1c[nH]c2cnccc12)C(=O)O)C(CS)C1CCc2cc(Br)ccc21. The predicted octanol–water partition coefficient (Wildman–Crippen LogP) is 3.71. The summed E-state index contributed by atoms with van der Waals surface area (Å²) in [5, 5.41) is 13.4. The smallest absolute Gasteiger partial charge is 0.326 e. The maximum atomic E-state index is 13.1. The zero-order valence-corrected chi connectivity index (χ0v) is 18.6. The minimum atomic E-state index is -1.06. The standard InChI is InChI=1S/C22H22BrN3O3S/c23-14-2-4-15-12(7-14)1-3-17(15)18(11-30)21(27)26-19(22(28)29)8-13-9-25-20-10-24-6-5-16(13)20/h2,4-7,9-10,17-19,25,30H,1,3,8,11H2,(H,26,27)(H,28,29)/t17?,18?,19-/m0/s1. The molecule has 0 fully saturated rings. The zero-order chi connectivity index (χ0) is 21.3. The van der Waals surface area contributed by atoms with Gasteiger partial charge in [0.25, 0.3) is 0 Å². The number of H-pyrrole nitrogens is 1. The number of benzene rings is 1. The molecule has 3 aromatic rings. The number of carboxylic acids is 1. The van der Waals surface area contributed by atoms with Crippen molar-refractivity contribution >= 4 is 51.3 Å². The first-order chi connectivity index (χ1) is 14.5. The van der Waals surface area contributed by atoms with Gasteiger partial charge >= 0.3 is 5.97 Å². The Morgan fingerprint density at radius 1 is 1.37 bits per heavy atom. The van der Waals surface area contributed by atoms with Gasteiger partial charge in [-0.05, 0) is 53.6 Å². The number of nitrogens with one attached hydrogen (secondary N) is 2. The number of aryl methyl sites for hydroxylation is 1. The molecule has 0 bridgehead atoms. The number of thiol groups is 1. The van der Waals surface area contributed by atoms with Crippen molar-refractivity contribution in [1.82, 2.24) is 15.3 Å². The molecule has 3 N–H and O–H groups in total. The highest BCUT2D eigenvalue weighted by atomic mass is 79.9. The summed E-state index contributed by atoms with van der Waals surface area (Å²) in [5.41, 5.74) is 4.06. The van der Waals surface area contributed by atoms with Crippen LogP contribution in [0.2, 0.25) is 0 Å². The number of halogens is 1. The molecule has 4 rings (SSSR count). The van der Waals surface area contributed by atoms with Crippen LogP contribution in [0.1, 0.15) is 29.0 Å². The highest BCUT2D eigenvalue weighted by molar-refractivity contribution is 9.10. The lowest BCUT2D eigenvalue weighted by Crippen LogP contribution is -2.46. The van der Waals surface area contributed by atoms with Crippen LogP contribution in [0.5, 0.6) is 0 Å². The van der Waals surface area contributed by atoms with E-state index in [2.05, 4.69) is 56.0 Å². The summed E-state index contributed by atoms with van der Waals surface area (Å²) in [6.07, 6.45) is 7.09. The van der Waals surface area contributed by atoms with Crippen LogP contribution in [-0.4, -0.2) is 38.7 Å². The molecule has 156 valence electrons. The average Bonchev–Trinajstić information content (AvgIpc) is 3.32. The van der Waals surface area contributed by atoms with Gasteiger partial charge in [0.05, 0.1) is 17.6 Å². The first-order valence-electron chi connectivity index (χ1n) is 9.80. The van der Waals surface area contributed by atoms with E-state index in [9.17, 15) is 14.7 Å². The monoisotopic (exact) mass is 487 g/mol. The third-order valence-electron chi connectivity index (χ3n) is 5.86. The van der Waals surface area contributed by atoms with Gasteiger partial charge in [0.2, 0.25) is 5.91 Å². The fourth-order valence-corrected chi connectivity index (χ4v) is 5.16. The van der Waals surface area contributed by atoms with Crippen LogP contribution in [0, 0.1) is 5.92 Å². The molecule has 1 amide bonds. The van der Waals surface area contributed by atoms with Crippen LogP contribution in [0.15, 0.2) is 47.3 Å². The number of hydrogen-bond acceptors (Lipinski definition) is 4. The fraction of sp³-hybridized carbons (Fsp3) is 0.318. The molecular weight excluding hydrogens is 466 g/mol. The maximum Gasteiger partial charge on any atom is 0.326 e. The normalized spacial score (nSPS) is 17.5. The van der Waals surface area contributed by atoms with Gasteiger partial charge in [-0.1, -0.05) is 22.0 Å². The second-order valence-electron chi connectivity index (χ2n) is 7.62. The molecule has 8 heteroatoms. The molecule has 2 unspecified atom stereocenters. The Hall–Kier alpha value is -2.32. The summed E-state index contributed by atoms with van der Waals surface area (Å²) in [4.78, 5) is 32.2. The van der Waals surface area contributed by atoms with Crippen LogP contribution in [-0.2, 0) is 22.4 Å². The summed E-state index contributed by atoms with van der Waals surface area (Å²) in [6, 6.07) is 6.95. The molecular formula is C22H22BrN3O3S. The third kappa shape index (κ3) is 4.11. The van der Waals surface area contributed by atoms with Crippen molar-refractivity contribution in [3.05, 3.63) is 64.0 Å². The number of hydrogen-bond donors (Lipinski definition) is 4. The molecule has 0 saturated carbocycles. The number of aromatic nitrogens is 2. The number of carbonyl (C=O) groups excluding carboxylic acids is 1. The number of carbonyl (C=O) groups is 2. The van der Waals surface area contributed by atoms with Crippen molar-refractivity contribution in [3.63, 3.8) is 0 Å². The minimum absolute atomic E-state index is 0.0409. The van der Waals surface area contributed by atoms with E-state index in [-0.39, 0.29) is 24.2 Å². The highest BCUT2D eigenvalue weighted by Crippen LogP contribution is 2.40. The molecule has 0 radical (unpaired) electrons. The minimum Gasteiger partial charge on any atom is -0.480 e. The van der Waals surface area contributed by atoms with E-state index in [1.54, 1.807) is 18.6 Å². The Kier molecular flexibility index (Phi) is 6.15. The lowest BCUT2D eigenvalue weighted by Gasteiger charge is -2.24. The first-order valence-corrected chi connectivity index (χ1v) is 11.2. The van der Waals surface area contributed by atoms with Gasteiger partial charge in [0, 0.05) is 34.4 Å². The first kappa shape index (κ1) is 20.9. The van der Waals surface area contributed by atoms with Gasteiger partial charge in [-0.25, -0.2) is 4.79 Å².